The molecule has 1 amide bonds. The van der Waals surface area contributed by atoms with Gasteiger partial charge in [-0.15, -0.1) is 0 Å². The number of hydrogen-bond acceptors (Lipinski definition) is 5. The topological polar surface area (TPSA) is 95.9 Å². The Hall–Kier alpha value is -1.86. The summed E-state index contributed by atoms with van der Waals surface area (Å²) in [6.45, 7) is -0.209. The first-order chi connectivity index (χ1) is 8.04. The van der Waals surface area contributed by atoms with Crippen molar-refractivity contribution in [2.24, 2.45) is 0 Å². The van der Waals surface area contributed by atoms with E-state index in [1.165, 1.54) is 31.4 Å². The number of hydrogen-bond donors (Lipinski definition) is 3. The number of rotatable bonds is 4. The second-order valence-corrected chi connectivity index (χ2v) is 3.25. The molecule has 0 aliphatic rings. The fourth-order valence-electron chi connectivity index (χ4n) is 1.13. The van der Waals surface area contributed by atoms with Crippen LogP contribution >= 0.6 is 0 Å². The van der Waals surface area contributed by atoms with Crippen LogP contribution in [0.15, 0.2) is 24.3 Å². The van der Waals surface area contributed by atoms with Crippen LogP contribution in [0.1, 0.15) is 10.4 Å². The summed E-state index contributed by atoms with van der Waals surface area (Å²) in [5, 5.41) is 20.1. The van der Waals surface area contributed by atoms with E-state index >= 15 is 0 Å². The number of ether oxygens (including phenoxy) is 1. The van der Waals surface area contributed by atoms with Crippen molar-refractivity contribution in [3.8, 4) is 0 Å². The Labute approximate surface area is 98.4 Å². The molecule has 6 nitrogen and oxygen atoms in total. The molecule has 0 radical (unpaired) electrons. The Morgan fingerprint density at radius 2 is 1.88 bits per heavy atom. The van der Waals surface area contributed by atoms with Crippen molar-refractivity contribution in [3.63, 3.8) is 0 Å². The molecule has 17 heavy (non-hydrogen) atoms. The fraction of sp³-hybridized carbons (Fsp3) is 0.200. The van der Waals surface area contributed by atoms with E-state index in [0.29, 0.717) is 5.56 Å². The number of carbonyl (C=O) groups is 2. The number of benzene rings is 1. The summed E-state index contributed by atoms with van der Waals surface area (Å²) in [6.07, 6.45) is 0. The molecule has 1 rings (SSSR count). The third kappa shape index (κ3) is 3.89. The van der Waals surface area contributed by atoms with Crippen LogP contribution in [-0.2, 0) is 9.53 Å². The average Bonchev–Trinajstić information content (AvgIpc) is 2.35. The van der Waals surface area contributed by atoms with E-state index in [4.69, 9.17) is 10.0 Å². The molecule has 0 saturated heterocycles. The standard InChI is InChI=1S/C10H12BNO5/c1-17-9(13)6-12-10(14)7-2-4-8(5-3-7)11(15)16/h2-5,15-16H,6H2,1H3,(H,12,14). The van der Waals surface area contributed by atoms with E-state index in [-0.39, 0.29) is 12.0 Å². The van der Waals surface area contributed by atoms with Crippen LogP contribution in [0.2, 0.25) is 0 Å². The van der Waals surface area contributed by atoms with Gasteiger partial charge in [0.1, 0.15) is 6.54 Å². The van der Waals surface area contributed by atoms with Gasteiger partial charge in [-0.1, -0.05) is 12.1 Å². The summed E-state index contributed by atoms with van der Waals surface area (Å²) in [4.78, 5) is 22.3. The monoisotopic (exact) mass is 237 g/mol. The lowest BCUT2D eigenvalue weighted by Crippen LogP contribution is -2.32. The van der Waals surface area contributed by atoms with Gasteiger partial charge < -0.3 is 20.1 Å². The van der Waals surface area contributed by atoms with Gasteiger partial charge in [0.05, 0.1) is 7.11 Å². The maximum atomic E-state index is 11.5. The van der Waals surface area contributed by atoms with Crippen LogP contribution in [-0.4, -0.2) is 42.7 Å². The van der Waals surface area contributed by atoms with E-state index in [1.54, 1.807) is 0 Å². The quantitative estimate of drug-likeness (QED) is 0.427. The van der Waals surface area contributed by atoms with Crippen LogP contribution in [0, 0.1) is 0 Å². The van der Waals surface area contributed by atoms with Crippen LogP contribution in [0.5, 0.6) is 0 Å². The fourth-order valence-corrected chi connectivity index (χ4v) is 1.13. The third-order valence-corrected chi connectivity index (χ3v) is 2.09. The normalized spacial score (nSPS) is 9.59. The molecule has 0 bridgehead atoms. The number of esters is 1. The van der Waals surface area contributed by atoms with Gasteiger partial charge in [-0.2, -0.15) is 0 Å². The maximum Gasteiger partial charge on any atom is 0.488 e. The van der Waals surface area contributed by atoms with E-state index in [2.05, 4.69) is 10.1 Å². The minimum atomic E-state index is -1.57. The summed E-state index contributed by atoms with van der Waals surface area (Å²) >= 11 is 0. The second-order valence-electron chi connectivity index (χ2n) is 3.25. The van der Waals surface area contributed by atoms with E-state index in [0.717, 1.165) is 0 Å². The minimum Gasteiger partial charge on any atom is -0.468 e. The Balaban J connectivity index is 2.61. The molecule has 0 aliphatic carbocycles. The summed E-state index contributed by atoms with van der Waals surface area (Å²) in [5.41, 5.74) is 0.604. The Morgan fingerprint density at radius 3 is 2.35 bits per heavy atom. The number of amides is 1. The first kappa shape index (κ1) is 13.2. The van der Waals surface area contributed by atoms with E-state index < -0.39 is 19.0 Å². The molecule has 0 fully saturated rings. The maximum absolute atomic E-state index is 11.5. The van der Waals surface area contributed by atoms with Gasteiger partial charge in [-0.05, 0) is 17.6 Å². The van der Waals surface area contributed by atoms with Crippen molar-refractivity contribution in [2.75, 3.05) is 13.7 Å². The third-order valence-electron chi connectivity index (χ3n) is 2.09. The average molecular weight is 237 g/mol. The zero-order chi connectivity index (χ0) is 12.8. The van der Waals surface area contributed by atoms with Gasteiger partial charge in [-0.3, -0.25) is 9.59 Å². The molecule has 0 unspecified atom stereocenters. The van der Waals surface area contributed by atoms with Crippen LogP contribution < -0.4 is 10.8 Å². The number of nitrogens with one attached hydrogen (secondary N) is 1. The predicted molar refractivity (Wildman–Crippen MR) is 60.6 cm³/mol. The molecule has 90 valence electrons. The molecule has 1 aromatic carbocycles. The number of methoxy groups -OCH3 is 1. The zero-order valence-electron chi connectivity index (χ0n) is 9.21. The van der Waals surface area contributed by atoms with Crippen molar-refractivity contribution < 1.29 is 24.4 Å². The smallest absolute Gasteiger partial charge is 0.468 e. The van der Waals surface area contributed by atoms with E-state index in [9.17, 15) is 9.59 Å². The Bertz CT molecular complexity index is 404. The van der Waals surface area contributed by atoms with Gasteiger partial charge >= 0.3 is 13.1 Å². The molecule has 0 spiro atoms. The predicted octanol–water partition coefficient (Wildman–Crippen LogP) is -1.73. The first-order valence-electron chi connectivity index (χ1n) is 4.85. The molecular weight excluding hydrogens is 225 g/mol. The lowest BCUT2D eigenvalue weighted by molar-refractivity contribution is -0.139. The highest BCUT2D eigenvalue weighted by Crippen LogP contribution is 1.97. The highest BCUT2D eigenvalue weighted by molar-refractivity contribution is 6.58. The minimum absolute atomic E-state index is 0.209. The lowest BCUT2D eigenvalue weighted by atomic mass is 9.80. The molecular formula is C10H12BNO5. The highest BCUT2D eigenvalue weighted by Gasteiger charge is 2.12. The summed E-state index contributed by atoms with van der Waals surface area (Å²) < 4.78 is 4.37. The first-order valence-corrected chi connectivity index (χ1v) is 4.85. The molecule has 0 heterocycles. The molecule has 0 saturated carbocycles. The van der Waals surface area contributed by atoms with Crippen molar-refractivity contribution in [2.45, 2.75) is 0 Å². The van der Waals surface area contributed by atoms with Crippen molar-refractivity contribution >= 4 is 24.5 Å². The van der Waals surface area contributed by atoms with Gasteiger partial charge in [0.15, 0.2) is 0 Å². The van der Waals surface area contributed by atoms with Crippen molar-refractivity contribution in [3.05, 3.63) is 29.8 Å². The molecule has 1 aromatic rings. The zero-order valence-corrected chi connectivity index (χ0v) is 9.21. The Morgan fingerprint density at radius 1 is 1.29 bits per heavy atom. The largest absolute Gasteiger partial charge is 0.488 e. The van der Waals surface area contributed by atoms with Crippen LogP contribution in [0.25, 0.3) is 0 Å². The highest BCUT2D eigenvalue weighted by atomic mass is 16.5. The van der Waals surface area contributed by atoms with Crippen molar-refractivity contribution in [1.82, 2.24) is 5.32 Å². The van der Waals surface area contributed by atoms with Gasteiger partial charge in [0, 0.05) is 5.56 Å². The van der Waals surface area contributed by atoms with Gasteiger partial charge in [0.25, 0.3) is 5.91 Å². The Kier molecular flexibility index (Phi) is 4.68. The lowest BCUT2D eigenvalue weighted by Gasteiger charge is -2.04. The molecule has 3 N–H and O–H groups in total. The molecule has 7 heteroatoms. The van der Waals surface area contributed by atoms with Crippen molar-refractivity contribution in [1.29, 1.82) is 0 Å². The second kappa shape index (κ2) is 6.02. The van der Waals surface area contributed by atoms with Gasteiger partial charge in [0.2, 0.25) is 0 Å². The summed E-state index contributed by atoms with van der Waals surface area (Å²) in [6, 6.07) is 5.69. The van der Waals surface area contributed by atoms with Gasteiger partial charge in [-0.25, -0.2) is 0 Å². The molecule has 0 atom stereocenters. The SMILES string of the molecule is COC(=O)CNC(=O)c1ccc(B(O)O)cc1. The van der Waals surface area contributed by atoms with E-state index in [1.807, 2.05) is 0 Å². The van der Waals surface area contributed by atoms with Crippen LogP contribution in [0.3, 0.4) is 0 Å². The molecule has 0 aromatic heterocycles. The molecule has 0 aliphatic heterocycles. The van der Waals surface area contributed by atoms with Crippen LogP contribution in [0.4, 0.5) is 0 Å². The number of carbonyl (C=O) groups excluding carboxylic acids is 2. The summed E-state index contributed by atoms with van der Waals surface area (Å²) in [5.74, 6) is -0.977. The summed E-state index contributed by atoms with van der Waals surface area (Å²) in [7, 11) is -0.339.